The monoisotopic (exact) mass is 288 g/mol. The van der Waals surface area contributed by atoms with Crippen LogP contribution in [0, 0.1) is 0 Å². The van der Waals surface area contributed by atoms with Crippen LogP contribution in [0.3, 0.4) is 0 Å². The fourth-order valence-electron chi connectivity index (χ4n) is 3.38. The summed E-state index contributed by atoms with van der Waals surface area (Å²) in [5.41, 5.74) is 2.97. The van der Waals surface area contributed by atoms with Crippen LogP contribution in [0.4, 0.5) is 0 Å². The lowest BCUT2D eigenvalue weighted by Crippen LogP contribution is -2.24. The fraction of sp³-hybridized carbons (Fsp3) is 0.625. The Morgan fingerprint density at radius 2 is 2.14 bits per heavy atom. The maximum absolute atomic E-state index is 12.4. The Balaban J connectivity index is 2.13. The molecule has 5 nitrogen and oxygen atoms in total. The highest BCUT2D eigenvalue weighted by atomic mass is 16.1. The molecule has 0 aromatic carbocycles. The molecule has 5 heteroatoms. The maximum atomic E-state index is 12.4. The molecule has 3 heterocycles. The van der Waals surface area contributed by atoms with Crippen LogP contribution in [0.15, 0.2) is 16.9 Å². The van der Waals surface area contributed by atoms with Gasteiger partial charge in [-0.05, 0) is 32.2 Å². The minimum absolute atomic E-state index is 0.0241. The second-order valence-electron chi connectivity index (χ2n) is 5.97. The van der Waals surface area contributed by atoms with E-state index in [-0.39, 0.29) is 5.56 Å². The van der Waals surface area contributed by atoms with E-state index in [4.69, 9.17) is 0 Å². The van der Waals surface area contributed by atoms with E-state index in [1.807, 2.05) is 7.05 Å². The number of nitrogens with zero attached hydrogens (tertiary/aromatic N) is 3. The Bertz CT molecular complexity index is 690. The second kappa shape index (κ2) is 5.64. The van der Waals surface area contributed by atoms with Crippen molar-refractivity contribution in [3.05, 3.63) is 33.9 Å². The Hall–Kier alpha value is -1.62. The van der Waals surface area contributed by atoms with Crippen molar-refractivity contribution >= 4 is 5.65 Å². The van der Waals surface area contributed by atoms with Crippen molar-refractivity contribution in [3.63, 3.8) is 0 Å². The lowest BCUT2D eigenvalue weighted by molar-refractivity contribution is 0.587. The highest BCUT2D eigenvalue weighted by Crippen LogP contribution is 2.25. The first-order valence-electron chi connectivity index (χ1n) is 7.98. The van der Waals surface area contributed by atoms with Gasteiger partial charge in [-0.3, -0.25) is 4.79 Å². The van der Waals surface area contributed by atoms with Crippen LogP contribution >= 0.6 is 0 Å². The number of hydrogen-bond acceptors (Lipinski definition) is 3. The third-order valence-electron chi connectivity index (χ3n) is 4.74. The number of fused-ring (bicyclic) bond motifs is 1. The van der Waals surface area contributed by atoms with Gasteiger partial charge in [-0.25, -0.2) is 0 Å². The second-order valence-corrected chi connectivity index (χ2v) is 5.97. The Morgan fingerprint density at radius 3 is 2.76 bits per heavy atom. The van der Waals surface area contributed by atoms with E-state index < -0.39 is 0 Å². The highest BCUT2D eigenvalue weighted by Gasteiger charge is 2.21. The van der Waals surface area contributed by atoms with Gasteiger partial charge in [-0.15, -0.1) is 0 Å². The molecule has 1 aliphatic rings. The molecule has 1 fully saturated rings. The zero-order valence-electron chi connectivity index (χ0n) is 13.1. The molecule has 0 aliphatic carbocycles. The van der Waals surface area contributed by atoms with E-state index in [0.717, 1.165) is 42.8 Å². The molecule has 1 atom stereocenters. The number of rotatable bonds is 4. The minimum Gasteiger partial charge on any atom is -0.331 e. The van der Waals surface area contributed by atoms with Gasteiger partial charge in [0.2, 0.25) is 0 Å². The molecule has 1 saturated heterocycles. The molecule has 1 aliphatic heterocycles. The Kier molecular flexibility index (Phi) is 3.85. The van der Waals surface area contributed by atoms with Crippen LogP contribution in [0.1, 0.15) is 62.9 Å². The van der Waals surface area contributed by atoms with Gasteiger partial charge in [-0.2, -0.15) is 9.61 Å². The molecular formula is C16H24N4O. The van der Waals surface area contributed by atoms with Gasteiger partial charge in [0.25, 0.3) is 5.56 Å². The fourth-order valence-corrected chi connectivity index (χ4v) is 3.38. The molecule has 0 bridgehead atoms. The van der Waals surface area contributed by atoms with Crippen molar-refractivity contribution in [1.82, 2.24) is 19.5 Å². The molecule has 2 aromatic rings. The third kappa shape index (κ3) is 2.39. The van der Waals surface area contributed by atoms with E-state index in [2.05, 4.69) is 34.9 Å². The van der Waals surface area contributed by atoms with Gasteiger partial charge in [0.15, 0.2) is 0 Å². The molecule has 2 aromatic heterocycles. The predicted molar refractivity (Wildman–Crippen MR) is 83.7 cm³/mol. The largest absolute Gasteiger partial charge is 0.331 e. The van der Waals surface area contributed by atoms with Crippen molar-refractivity contribution in [2.24, 2.45) is 7.05 Å². The normalized spacial score (nSPS) is 19.0. The lowest BCUT2D eigenvalue weighted by atomic mass is 10.00. The van der Waals surface area contributed by atoms with Crippen molar-refractivity contribution in [2.75, 3.05) is 6.54 Å². The average molecular weight is 288 g/mol. The topological polar surface area (TPSA) is 51.3 Å². The summed E-state index contributed by atoms with van der Waals surface area (Å²) in [6.45, 7) is 5.37. The molecule has 0 amide bonds. The summed E-state index contributed by atoms with van der Waals surface area (Å²) in [6, 6.07) is 4.11. The van der Waals surface area contributed by atoms with Gasteiger partial charge in [0, 0.05) is 36.8 Å². The van der Waals surface area contributed by atoms with Gasteiger partial charge in [0.1, 0.15) is 5.65 Å². The van der Waals surface area contributed by atoms with Crippen LogP contribution < -0.4 is 10.9 Å². The Labute approximate surface area is 125 Å². The smallest absolute Gasteiger partial charge is 0.274 e. The summed E-state index contributed by atoms with van der Waals surface area (Å²) in [7, 11) is 2.03. The van der Waals surface area contributed by atoms with Crippen LogP contribution in [0.5, 0.6) is 0 Å². The summed E-state index contributed by atoms with van der Waals surface area (Å²) >= 11 is 0. The predicted octanol–water partition coefficient (Wildman–Crippen LogP) is 2.36. The first-order chi connectivity index (χ1) is 10.2. The molecule has 0 saturated carbocycles. The summed E-state index contributed by atoms with van der Waals surface area (Å²) in [4.78, 5) is 12.4. The van der Waals surface area contributed by atoms with Crippen LogP contribution in [-0.2, 0) is 7.05 Å². The quantitative estimate of drug-likeness (QED) is 0.939. The van der Waals surface area contributed by atoms with Gasteiger partial charge in [-0.1, -0.05) is 13.8 Å². The van der Waals surface area contributed by atoms with Crippen molar-refractivity contribution < 1.29 is 0 Å². The molecule has 21 heavy (non-hydrogen) atoms. The summed E-state index contributed by atoms with van der Waals surface area (Å²) < 4.78 is 3.66. The first kappa shape index (κ1) is 14.3. The summed E-state index contributed by atoms with van der Waals surface area (Å²) in [5.74, 6) is 0.428. The Morgan fingerprint density at radius 1 is 1.38 bits per heavy atom. The zero-order chi connectivity index (χ0) is 15.0. The van der Waals surface area contributed by atoms with Crippen molar-refractivity contribution in [3.8, 4) is 0 Å². The summed E-state index contributed by atoms with van der Waals surface area (Å²) in [5, 5.41) is 8.01. The van der Waals surface area contributed by atoms with Gasteiger partial charge >= 0.3 is 0 Å². The highest BCUT2D eigenvalue weighted by molar-refractivity contribution is 5.43. The zero-order valence-corrected chi connectivity index (χ0v) is 13.1. The van der Waals surface area contributed by atoms with Gasteiger partial charge < -0.3 is 9.88 Å². The average Bonchev–Trinajstić information content (AvgIpc) is 3.13. The van der Waals surface area contributed by atoms with Crippen LogP contribution in [0.25, 0.3) is 5.65 Å². The van der Waals surface area contributed by atoms with Crippen LogP contribution in [0.2, 0.25) is 0 Å². The number of aryl methyl sites for hydroxylation is 1. The molecule has 0 radical (unpaired) electrons. The molecule has 1 unspecified atom stereocenters. The van der Waals surface area contributed by atoms with Crippen molar-refractivity contribution in [1.29, 1.82) is 0 Å². The molecule has 0 spiro atoms. The standard InChI is InChI=1S/C16H24N4O/c1-4-11(5-2)13-9-15-19(3)14(12-7-6-8-17-12)10-16(21)20(15)18-13/h9-12,17H,4-8H2,1-3H3. The number of nitrogens with one attached hydrogen (secondary N) is 1. The lowest BCUT2D eigenvalue weighted by Gasteiger charge is -2.16. The molecule has 3 rings (SSSR count). The third-order valence-corrected chi connectivity index (χ3v) is 4.74. The number of hydrogen-bond donors (Lipinski definition) is 1. The minimum atomic E-state index is -0.0241. The van der Waals surface area contributed by atoms with Crippen molar-refractivity contribution in [2.45, 2.75) is 51.5 Å². The van der Waals surface area contributed by atoms with E-state index in [1.165, 1.54) is 6.42 Å². The van der Waals surface area contributed by atoms with E-state index in [9.17, 15) is 4.79 Å². The van der Waals surface area contributed by atoms with Gasteiger partial charge in [0.05, 0.1) is 5.69 Å². The first-order valence-corrected chi connectivity index (χ1v) is 7.98. The SMILES string of the molecule is CCC(CC)c1cc2n(C)c(C3CCCN3)cc(=O)n2n1. The molecule has 114 valence electrons. The van der Waals surface area contributed by atoms with E-state index >= 15 is 0 Å². The summed E-state index contributed by atoms with van der Waals surface area (Å²) in [6.07, 6.45) is 4.37. The number of aromatic nitrogens is 3. The van der Waals surface area contributed by atoms with E-state index in [1.54, 1.807) is 10.6 Å². The maximum Gasteiger partial charge on any atom is 0.274 e. The molecular weight excluding hydrogens is 264 g/mol. The molecule has 1 N–H and O–H groups in total. The van der Waals surface area contributed by atoms with E-state index in [0.29, 0.717) is 12.0 Å². The van der Waals surface area contributed by atoms with Crippen LogP contribution in [-0.4, -0.2) is 20.7 Å².